The highest BCUT2D eigenvalue weighted by atomic mass is 16.5. The molecule has 0 aromatic carbocycles. The molecule has 0 radical (unpaired) electrons. The van der Waals surface area contributed by atoms with Crippen molar-refractivity contribution in [2.45, 2.75) is 64.4 Å². The Kier molecular flexibility index (Phi) is 5.44. The smallest absolute Gasteiger partial charge is 0.306 e. The fourth-order valence-electron chi connectivity index (χ4n) is 1.96. The monoisotopic (exact) mass is 210 g/mol. The zero-order valence-electron chi connectivity index (χ0n) is 9.76. The number of hydrogen-bond acceptors (Lipinski definition) is 2. The molecule has 0 heterocycles. The second kappa shape index (κ2) is 6.65. The largest absolute Gasteiger partial charge is 0.462 e. The van der Waals surface area contributed by atoms with Gasteiger partial charge in [-0.05, 0) is 45.4 Å². The third kappa shape index (κ3) is 5.60. The van der Waals surface area contributed by atoms with Crippen molar-refractivity contribution >= 4 is 5.97 Å². The molecule has 0 unspecified atom stereocenters. The van der Waals surface area contributed by atoms with E-state index in [4.69, 9.17) is 4.74 Å². The normalized spacial score (nSPS) is 17.4. The molecule has 1 aliphatic rings. The first kappa shape index (κ1) is 12.3. The molecule has 0 bridgehead atoms. The number of carbonyl (C=O) groups is 1. The van der Waals surface area contributed by atoms with E-state index < -0.39 is 0 Å². The Balaban J connectivity index is 2.09. The molecule has 1 saturated carbocycles. The summed E-state index contributed by atoms with van der Waals surface area (Å²) in [5.41, 5.74) is 1.14. The molecule has 1 rings (SSSR count). The number of hydrogen-bond donors (Lipinski definition) is 0. The minimum Gasteiger partial charge on any atom is -0.462 e. The van der Waals surface area contributed by atoms with Crippen LogP contribution in [0.15, 0.2) is 12.2 Å². The highest BCUT2D eigenvalue weighted by Gasteiger charge is 2.17. The van der Waals surface area contributed by atoms with Gasteiger partial charge in [-0.25, -0.2) is 0 Å². The summed E-state index contributed by atoms with van der Waals surface area (Å²) in [4.78, 5) is 11.4. The van der Waals surface area contributed by atoms with Crippen LogP contribution in [0.3, 0.4) is 0 Å². The van der Waals surface area contributed by atoms with Crippen molar-refractivity contribution in [1.29, 1.82) is 0 Å². The molecule has 0 spiro atoms. The lowest BCUT2D eigenvalue weighted by Crippen LogP contribution is -2.20. The third-order valence-electron chi connectivity index (χ3n) is 2.83. The lowest BCUT2D eigenvalue weighted by molar-refractivity contribution is -0.150. The summed E-state index contributed by atoms with van der Waals surface area (Å²) in [5, 5.41) is 0. The van der Waals surface area contributed by atoms with Gasteiger partial charge in [0.15, 0.2) is 0 Å². The van der Waals surface area contributed by atoms with Crippen LogP contribution in [0.2, 0.25) is 0 Å². The maximum Gasteiger partial charge on any atom is 0.306 e. The highest BCUT2D eigenvalue weighted by molar-refractivity contribution is 5.69. The summed E-state index contributed by atoms with van der Waals surface area (Å²) in [6.45, 7) is 5.81. The summed E-state index contributed by atoms with van der Waals surface area (Å²) < 4.78 is 5.40. The second-order valence-corrected chi connectivity index (χ2v) is 4.56. The third-order valence-corrected chi connectivity index (χ3v) is 2.83. The topological polar surface area (TPSA) is 26.3 Å². The van der Waals surface area contributed by atoms with Crippen LogP contribution in [0.5, 0.6) is 0 Å². The van der Waals surface area contributed by atoms with Crippen LogP contribution in [0.25, 0.3) is 0 Å². The van der Waals surface area contributed by atoms with Crippen molar-refractivity contribution in [3.05, 3.63) is 12.2 Å². The number of carbonyl (C=O) groups excluding carboxylic acids is 1. The molecule has 0 aliphatic heterocycles. The molecule has 86 valence electrons. The van der Waals surface area contributed by atoms with Crippen LogP contribution in [0, 0.1) is 0 Å². The maximum atomic E-state index is 11.4. The highest BCUT2D eigenvalue weighted by Crippen LogP contribution is 2.21. The van der Waals surface area contributed by atoms with Gasteiger partial charge in [0, 0.05) is 6.42 Å². The Morgan fingerprint density at radius 1 is 1.27 bits per heavy atom. The van der Waals surface area contributed by atoms with Gasteiger partial charge in [0.1, 0.15) is 6.10 Å². The number of esters is 1. The van der Waals surface area contributed by atoms with E-state index in [-0.39, 0.29) is 12.1 Å². The molecule has 1 fully saturated rings. The van der Waals surface area contributed by atoms with Crippen LogP contribution >= 0.6 is 0 Å². The van der Waals surface area contributed by atoms with Gasteiger partial charge in [0.05, 0.1) is 0 Å². The molecular weight excluding hydrogens is 188 g/mol. The van der Waals surface area contributed by atoms with Crippen LogP contribution in [-0.4, -0.2) is 12.1 Å². The molecule has 15 heavy (non-hydrogen) atoms. The molecule has 0 aromatic rings. The molecule has 0 aromatic heterocycles. The van der Waals surface area contributed by atoms with Gasteiger partial charge in [-0.3, -0.25) is 4.79 Å². The van der Waals surface area contributed by atoms with Gasteiger partial charge in [-0.1, -0.05) is 12.0 Å². The van der Waals surface area contributed by atoms with Gasteiger partial charge in [-0.2, -0.15) is 0 Å². The summed E-state index contributed by atoms with van der Waals surface area (Å²) >= 11 is 0. The second-order valence-electron chi connectivity index (χ2n) is 4.56. The minimum atomic E-state index is -0.0249. The van der Waals surface area contributed by atoms with Gasteiger partial charge in [0.2, 0.25) is 0 Å². The number of ether oxygens (including phenoxy) is 1. The van der Waals surface area contributed by atoms with Crippen LogP contribution < -0.4 is 0 Å². The summed E-state index contributed by atoms with van der Waals surface area (Å²) in [5.74, 6) is -0.0249. The predicted molar refractivity (Wildman–Crippen MR) is 61.6 cm³/mol. The van der Waals surface area contributed by atoms with Crippen molar-refractivity contribution in [3.63, 3.8) is 0 Å². The van der Waals surface area contributed by atoms with Crippen LogP contribution in [0.4, 0.5) is 0 Å². The molecular formula is C13H22O2. The Morgan fingerprint density at radius 3 is 2.53 bits per heavy atom. The SMILES string of the molecule is C=C(C)CCCC(=O)OC1CCCCC1. The van der Waals surface area contributed by atoms with E-state index >= 15 is 0 Å². The zero-order chi connectivity index (χ0) is 11.1. The standard InChI is InChI=1S/C13H22O2/c1-11(2)7-6-10-13(14)15-12-8-4-3-5-9-12/h12H,1,3-10H2,2H3. The summed E-state index contributed by atoms with van der Waals surface area (Å²) in [6.07, 6.45) is 8.40. The van der Waals surface area contributed by atoms with Crippen molar-refractivity contribution in [2.75, 3.05) is 0 Å². The molecule has 0 N–H and O–H groups in total. The van der Waals surface area contributed by atoms with Gasteiger partial charge in [0.25, 0.3) is 0 Å². The van der Waals surface area contributed by atoms with Crippen molar-refractivity contribution in [1.82, 2.24) is 0 Å². The molecule has 0 atom stereocenters. The van der Waals surface area contributed by atoms with Gasteiger partial charge in [-0.15, -0.1) is 6.58 Å². The molecule has 2 heteroatoms. The van der Waals surface area contributed by atoms with E-state index in [0.717, 1.165) is 31.3 Å². The predicted octanol–water partition coefficient (Wildman–Crippen LogP) is 3.61. The molecule has 0 amide bonds. The maximum absolute atomic E-state index is 11.4. The Labute approximate surface area is 92.7 Å². The van der Waals surface area contributed by atoms with E-state index in [1.54, 1.807) is 0 Å². The fourth-order valence-corrected chi connectivity index (χ4v) is 1.96. The fraction of sp³-hybridized carbons (Fsp3) is 0.769. The van der Waals surface area contributed by atoms with E-state index in [1.807, 2.05) is 6.92 Å². The van der Waals surface area contributed by atoms with Crippen molar-refractivity contribution < 1.29 is 9.53 Å². The van der Waals surface area contributed by atoms with Gasteiger partial charge < -0.3 is 4.74 Å². The van der Waals surface area contributed by atoms with E-state index in [1.165, 1.54) is 19.3 Å². The van der Waals surface area contributed by atoms with Crippen LogP contribution in [0.1, 0.15) is 58.3 Å². The minimum absolute atomic E-state index is 0.0249. The average Bonchev–Trinajstić information content (AvgIpc) is 2.18. The molecule has 1 aliphatic carbocycles. The lowest BCUT2D eigenvalue weighted by atomic mass is 9.98. The van der Waals surface area contributed by atoms with Crippen molar-refractivity contribution in [3.8, 4) is 0 Å². The lowest BCUT2D eigenvalue weighted by Gasteiger charge is -2.21. The summed E-state index contributed by atoms with van der Waals surface area (Å²) in [6, 6.07) is 0. The van der Waals surface area contributed by atoms with Gasteiger partial charge >= 0.3 is 5.97 Å². The van der Waals surface area contributed by atoms with E-state index in [0.29, 0.717) is 6.42 Å². The van der Waals surface area contributed by atoms with E-state index in [2.05, 4.69) is 6.58 Å². The quantitative estimate of drug-likeness (QED) is 0.512. The summed E-state index contributed by atoms with van der Waals surface area (Å²) in [7, 11) is 0. The number of allylic oxidation sites excluding steroid dienone is 1. The van der Waals surface area contributed by atoms with E-state index in [9.17, 15) is 4.79 Å². The first-order chi connectivity index (χ1) is 7.18. The first-order valence-electron chi connectivity index (χ1n) is 6.02. The molecule has 0 saturated heterocycles. The number of rotatable bonds is 5. The zero-order valence-corrected chi connectivity index (χ0v) is 9.76. The Hall–Kier alpha value is -0.790. The Bertz CT molecular complexity index is 215. The van der Waals surface area contributed by atoms with Crippen molar-refractivity contribution in [2.24, 2.45) is 0 Å². The average molecular weight is 210 g/mol. The Morgan fingerprint density at radius 2 is 1.93 bits per heavy atom. The molecule has 2 nitrogen and oxygen atoms in total. The first-order valence-corrected chi connectivity index (χ1v) is 6.02. The van der Waals surface area contributed by atoms with Crippen LogP contribution in [-0.2, 0) is 9.53 Å².